The molecule has 0 bridgehead atoms. The van der Waals surface area contributed by atoms with Crippen molar-refractivity contribution in [2.24, 2.45) is 0 Å². The molecule has 0 aliphatic carbocycles. The van der Waals surface area contributed by atoms with Crippen molar-refractivity contribution in [3.8, 4) is 6.07 Å². The van der Waals surface area contributed by atoms with Gasteiger partial charge in [0.05, 0.1) is 6.07 Å². The Balaban J connectivity index is 1.67. The first-order valence-corrected chi connectivity index (χ1v) is 10.4. The molecule has 0 aliphatic rings. The smallest absolute Gasteiger partial charge is 0.251 e. The number of fused-ring (bicyclic) bond motifs is 1. The number of nitrogens with zero attached hydrogens (tertiary/aromatic N) is 1. The molecule has 0 saturated carbocycles. The van der Waals surface area contributed by atoms with E-state index in [9.17, 15) is 9.59 Å². The van der Waals surface area contributed by atoms with Crippen molar-refractivity contribution in [1.29, 1.82) is 5.26 Å². The molecule has 3 aromatic carbocycles. The summed E-state index contributed by atoms with van der Waals surface area (Å²) in [5, 5.41) is 16.1. The zero-order chi connectivity index (χ0) is 20.5. The van der Waals surface area contributed by atoms with E-state index in [1.807, 2.05) is 72.8 Å². The van der Waals surface area contributed by atoms with Crippen molar-refractivity contribution in [3.05, 3.63) is 83.9 Å². The van der Waals surface area contributed by atoms with E-state index in [-0.39, 0.29) is 18.4 Å². The number of thioether (sulfide) groups is 1. The van der Waals surface area contributed by atoms with Crippen LogP contribution >= 0.6 is 11.8 Å². The van der Waals surface area contributed by atoms with Crippen molar-refractivity contribution >= 4 is 34.3 Å². The predicted octanol–water partition coefficient (Wildman–Crippen LogP) is 3.51. The predicted molar refractivity (Wildman–Crippen MR) is 116 cm³/mol. The lowest BCUT2D eigenvalue weighted by Gasteiger charge is -2.18. The molecule has 3 aromatic rings. The molecule has 0 aliphatic heterocycles. The van der Waals surface area contributed by atoms with Crippen molar-refractivity contribution in [2.75, 3.05) is 12.3 Å². The third kappa shape index (κ3) is 5.84. The number of benzene rings is 3. The van der Waals surface area contributed by atoms with Crippen molar-refractivity contribution < 1.29 is 9.59 Å². The molecule has 0 heterocycles. The summed E-state index contributed by atoms with van der Waals surface area (Å²) in [4.78, 5) is 25.2. The van der Waals surface area contributed by atoms with Crippen LogP contribution in [0, 0.1) is 11.3 Å². The van der Waals surface area contributed by atoms with Crippen LogP contribution in [0.15, 0.2) is 72.8 Å². The summed E-state index contributed by atoms with van der Waals surface area (Å²) in [6.07, 6.45) is 0. The second-order valence-electron chi connectivity index (χ2n) is 6.46. The van der Waals surface area contributed by atoms with E-state index in [1.165, 1.54) is 0 Å². The highest BCUT2D eigenvalue weighted by Crippen LogP contribution is 2.17. The molecule has 6 heteroatoms. The molecule has 0 radical (unpaired) electrons. The average Bonchev–Trinajstić information content (AvgIpc) is 2.77. The van der Waals surface area contributed by atoms with Gasteiger partial charge in [0.2, 0.25) is 5.91 Å². The zero-order valence-electron chi connectivity index (χ0n) is 15.8. The van der Waals surface area contributed by atoms with E-state index in [2.05, 4.69) is 10.6 Å². The first kappa shape index (κ1) is 20.4. The fourth-order valence-corrected chi connectivity index (χ4v) is 3.89. The second kappa shape index (κ2) is 10.3. The molecular formula is C23H21N3O2S. The number of carbonyl (C=O) groups is 2. The van der Waals surface area contributed by atoms with Gasteiger partial charge in [-0.3, -0.25) is 9.59 Å². The molecule has 0 fully saturated rings. The lowest BCUT2D eigenvalue weighted by Crippen LogP contribution is -2.48. The van der Waals surface area contributed by atoms with Gasteiger partial charge in [-0.25, -0.2) is 0 Å². The molecular weight excluding hydrogens is 382 g/mol. The second-order valence-corrected chi connectivity index (χ2v) is 7.49. The molecule has 0 spiro atoms. The molecule has 3 rings (SSSR count). The lowest BCUT2D eigenvalue weighted by molar-refractivity contribution is -0.122. The Hall–Kier alpha value is -3.30. The van der Waals surface area contributed by atoms with Gasteiger partial charge in [-0.15, -0.1) is 0 Å². The van der Waals surface area contributed by atoms with E-state index < -0.39 is 6.04 Å². The van der Waals surface area contributed by atoms with E-state index in [1.54, 1.807) is 17.8 Å². The minimum Gasteiger partial charge on any atom is -0.341 e. The average molecular weight is 404 g/mol. The summed E-state index contributed by atoms with van der Waals surface area (Å²) in [6, 6.07) is 24.3. The first-order chi connectivity index (χ1) is 14.2. The number of rotatable bonds is 8. The Morgan fingerprint density at radius 3 is 2.45 bits per heavy atom. The van der Waals surface area contributed by atoms with Crippen molar-refractivity contribution in [3.63, 3.8) is 0 Å². The number of nitriles is 1. The van der Waals surface area contributed by atoms with Crippen LogP contribution in [0.4, 0.5) is 0 Å². The van der Waals surface area contributed by atoms with Crippen LogP contribution < -0.4 is 10.6 Å². The number of amides is 2. The third-order valence-corrected chi connectivity index (χ3v) is 5.48. The third-order valence-electron chi connectivity index (χ3n) is 4.37. The molecule has 0 aromatic heterocycles. The van der Waals surface area contributed by atoms with Crippen LogP contribution in [-0.2, 0) is 10.5 Å². The standard InChI is InChI=1S/C23H21N3O2S/c24-12-13-25-23(28)21(16-29-15-17-6-2-1-3-7-17)26-22(27)20-11-10-18-8-4-5-9-19(18)14-20/h1-11,14,21H,13,15-16H2,(H,25,28)(H,26,27). The Bertz CT molecular complexity index is 1030. The summed E-state index contributed by atoms with van der Waals surface area (Å²) in [6.45, 7) is -0.0927. The van der Waals surface area contributed by atoms with Gasteiger partial charge in [0.25, 0.3) is 5.91 Å². The lowest BCUT2D eigenvalue weighted by atomic mass is 10.1. The van der Waals surface area contributed by atoms with Crippen LogP contribution in [0.5, 0.6) is 0 Å². The van der Waals surface area contributed by atoms with Gasteiger partial charge in [-0.1, -0.05) is 60.7 Å². The first-order valence-electron chi connectivity index (χ1n) is 9.23. The summed E-state index contributed by atoms with van der Waals surface area (Å²) in [5.41, 5.74) is 1.64. The Morgan fingerprint density at radius 1 is 0.966 bits per heavy atom. The van der Waals surface area contributed by atoms with Gasteiger partial charge in [-0.05, 0) is 28.5 Å². The van der Waals surface area contributed by atoms with Crippen molar-refractivity contribution in [1.82, 2.24) is 10.6 Å². The topological polar surface area (TPSA) is 82.0 Å². The molecule has 1 unspecified atom stereocenters. The Labute approximate surface area is 174 Å². The summed E-state index contributed by atoms with van der Waals surface area (Å²) in [7, 11) is 0. The zero-order valence-corrected chi connectivity index (χ0v) is 16.6. The number of nitrogens with one attached hydrogen (secondary N) is 2. The quantitative estimate of drug-likeness (QED) is 0.564. The molecule has 29 heavy (non-hydrogen) atoms. The molecule has 2 amide bonds. The van der Waals surface area contributed by atoms with Gasteiger partial charge in [0.1, 0.15) is 12.6 Å². The normalized spacial score (nSPS) is 11.4. The van der Waals surface area contributed by atoms with Gasteiger partial charge in [0.15, 0.2) is 0 Å². The van der Waals surface area contributed by atoms with Gasteiger partial charge < -0.3 is 10.6 Å². The summed E-state index contributed by atoms with van der Waals surface area (Å²) < 4.78 is 0. The van der Waals surface area contributed by atoms with Crippen LogP contribution in [-0.4, -0.2) is 30.2 Å². The van der Waals surface area contributed by atoms with Crippen LogP contribution in [0.2, 0.25) is 0 Å². The molecule has 1 atom stereocenters. The fraction of sp³-hybridized carbons (Fsp3) is 0.174. The van der Waals surface area contributed by atoms with Crippen LogP contribution in [0.1, 0.15) is 15.9 Å². The van der Waals surface area contributed by atoms with E-state index in [0.29, 0.717) is 11.3 Å². The van der Waals surface area contributed by atoms with Crippen molar-refractivity contribution in [2.45, 2.75) is 11.8 Å². The van der Waals surface area contributed by atoms with Crippen LogP contribution in [0.25, 0.3) is 10.8 Å². The number of hydrogen-bond donors (Lipinski definition) is 2. The highest BCUT2D eigenvalue weighted by atomic mass is 32.2. The SMILES string of the molecule is N#CCNC(=O)C(CSCc1ccccc1)NC(=O)c1ccc2ccccc2c1. The maximum Gasteiger partial charge on any atom is 0.251 e. The number of hydrogen-bond acceptors (Lipinski definition) is 4. The van der Waals surface area contributed by atoms with Crippen LogP contribution in [0.3, 0.4) is 0 Å². The van der Waals surface area contributed by atoms with E-state index in [4.69, 9.17) is 5.26 Å². The summed E-state index contributed by atoms with van der Waals surface area (Å²) in [5.74, 6) is 0.467. The highest BCUT2D eigenvalue weighted by Gasteiger charge is 2.21. The van der Waals surface area contributed by atoms with E-state index >= 15 is 0 Å². The van der Waals surface area contributed by atoms with Gasteiger partial charge in [-0.2, -0.15) is 17.0 Å². The molecule has 5 nitrogen and oxygen atoms in total. The monoisotopic (exact) mass is 403 g/mol. The minimum atomic E-state index is -0.726. The highest BCUT2D eigenvalue weighted by molar-refractivity contribution is 7.98. The largest absolute Gasteiger partial charge is 0.341 e. The van der Waals surface area contributed by atoms with Gasteiger partial charge in [0, 0.05) is 17.1 Å². The Morgan fingerprint density at radius 2 is 1.69 bits per heavy atom. The summed E-state index contributed by atoms with van der Waals surface area (Å²) >= 11 is 1.56. The fourth-order valence-electron chi connectivity index (χ4n) is 2.87. The molecule has 146 valence electrons. The number of carbonyl (C=O) groups excluding carboxylic acids is 2. The van der Waals surface area contributed by atoms with Gasteiger partial charge >= 0.3 is 0 Å². The Kier molecular flexibility index (Phi) is 7.26. The maximum atomic E-state index is 12.7. The van der Waals surface area contributed by atoms with E-state index in [0.717, 1.165) is 22.1 Å². The minimum absolute atomic E-state index is 0.0927. The molecule has 2 N–H and O–H groups in total. The maximum absolute atomic E-state index is 12.7. The molecule has 0 saturated heterocycles.